The van der Waals surface area contributed by atoms with Gasteiger partial charge in [-0.3, -0.25) is 4.79 Å². The molecule has 0 saturated carbocycles. The Labute approximate surface area is 165 Å². The van der Waals surface area contributed by atoms with Crippen LogP contribution in [0.25, 0.3) is 33.1 Å². The van der Waals surface area contributed by atoms with Crippen LogP contribution in [0.1, 0.15) is 54.1 Å². The first-order chi connectivity index (χ1) is 13.6. The minimum Gasteiger partial charge on any atom is -0.347 e. The van der Waals surface area contributed by atoms with Gasteiger partial charge in [-0.15, -0.1) is 0 Å². The molecule has 1 aliphatic heterocycles. The molecular weight excluding hydrogens is 344 g/mol. The Morgan fingerprint density at radius 3 is 2.79 bits per heavy atom. The van der Waals surface area contributed by atoms with Gasteiger partial charge >= 0.3 is 0 Å². The summed E-state index contributed by atoms with van der Waals surface area (Å²) in [7, 11) is 0. The number of aldehydes is 1. The van der Waals surface area contributed by atoms with E-state index in [9.17, 15) is 4.79 Å². The number of aryl methyl sites for hydroxylation is 3. The highest BCUT2D eigenvalue weighted by molar-refractivity contribution is 6.02. The summed E-state index contributed by atoms with van der Waals surface area (Å²) < 4.78 is 4.92. The average molecular weight is 370 g/mol. The quantitative estimate of drug-likeness (QED) is 0.389. The van der Waals surface area contributed by atoms with Crippen LogP contribution in [0.15, 0.2) is 42.6 Å². The molecule has 4 aromatic rings. The predicted octanol–water partition coefficient (Wildman–Crippen LogP) is 6.30. The summed E-state index contributed by atoms with van der Waals surface area (Å²) in [4.78, 5) is 11.4. The van der Waals surface area contributed by atoms with Crippen molar-refractivity contribution in [1.29, 1.82) is 0 Å². The van der Waals surface area contributed by atoms with E-state index < -0.39 is 0 Å². The molecule has 0 N–H and O–H groups in total. The van der Waals surface area contributed by atoms with Gasteiger partial charge in [0.15, 0.2) is 0 Å². The van der Waals surface area contributed by atoms with Gasteiger partial charge in [0.2, 0.25) is 0 Å². The number of aromatic nitrogens is 2. The number of hydrogen-bond acceptors (Lipinski definition) is 1. The monoisotopic (exact) mass is 370 g/mol. The second-order valence-corrected chi connectivity index (χ2v) is 8.18. The van der Waals surface area contributed by atoms with Gasteiger partial charge in [-0.05, 0) is 42.9 Å². The van der Waals surface area contributed by atoms with Crippen LogP contribution in [0.5, 0.6) is 0 Å². The number of rotatable bonds is 3. The first kappa shape index (κ1) is 17.3. The standard InChI is InChI=1S/C25H26N2O/c1-4-16(2)23-20-10-9-18(15-28)13-22(20)27-12-6-11-26-14-17(3)19-7-5-8-21(24(19)26)25(23)27/h5,7-10,13-16H,4,6,11-12H2,1-3H3. The number of carbonyl (C=O) groups excluding carboxylic acids is 1. The molecule has 3 heteroatoms. The third-order valence-electron chi connectivity index (χ3n) is 6.50. The molecule has 3 nitrogen and oxygen atoms in total. The van der Waals surface area contributed by atoms with Crippen molar-refractivity contribution in [2.24, 2.45) is 0 Å². The summed E-state index contributed by atoms with van der Waals surface area (Å²) in [5.74, 6) is 0.458. The van der Waals surface area contributed by atoms with Crippen molar-refractivity contribution in [3.8, 4) is 11.3 Å². The number of carbonyl (C=O) groups is 1. The molecular formula is C25H26N2O. The minimum absolute atomic E-state index is 0.458. The maximum atomic E-state index is 11.4. The summed E-state index contributed by atoms with van der Waals surface area (Å²) in [6, 6.07) is 12.9. The van der Waals surface area contributed by atoms with Crippen molar-refractivity contribution in [3.05, 3.63) is 59.3 Å². The topological polar surface area (TPSA) is 26.9 Å². The molecule has 0 aliphatic carbocycles. The molecule has 3 heterocycles. The van der Waals surface area contributed by atoms with Crippen LogP contribution in [0.4, 0.5) is 0 Å². The Morgan fingerprint density at radius 1 is 1.14 bits per heavy atom. The van der Waals surface area contributed by atoms with Crippen LogP contribution < -0.4 is 0 Å². The van der Waals surface area contributed by atoms with E-state index in [2.05, 4.69) is 66.4 Å². The van der Waals surface area contributed by atoms with Gasteiger partial charge in [-0.1, -0.05) is 44.2 Å². The van der Waals surface area contributed by atoms with E-state index in [0.29, 0.717) is 5.92 Å². The minimum atomic E-state index is 0.458. The van der Waals surface area contributed by atoms with Gasteiger partial charge in [0, 0.05) is 46.7 Å². The molecule has 0 spiro atoms. The summed E-state index contributed by atoms with van der Waals surface area (Å²) in [5.41, 5.74) is 8.74. The largest absolute Gasteiger partial charge is 0.347 e. The van der Waals surface area contributed by atoms with Crippen molar-refractivity contribution < 1.29 is 4.79 Å². The summed E-state index contributed by atoms with van der Waals surface area (Å²) in [6.07, 6.45) is 5.44. The third kappa shape index (κ3) is 2.32. The van der Waals surface area contributed by atoms with E-state index in [1.165, 1.54) is 44.2 Å². The Bertz CT molecular complexity index is 1220. The van der Waals surface area contributed by atoms with Crippen LogP contribution in [0.3, 0.4) is 0 Å². The maximum Gasteiger partial charge on any atom is 0.150 e. The Morgan fingerprint density at radius 2 is 2.00 bits per heavy atom. The molecule has 2 aromatic carbocycles. The zero-order valence-corrected chi connectivity index (χ0v) is 16.8. The Kier molecular flexibility index (Phi) is 3.94. The van der Waals surface area contributed by atoms with E-state index in [4.69, 9.17) is 0 Å². The second kappa shape index (κ2) is 6.37. The third-order valence-corrected chi connectivity index (χ3v) is 6.50. The lowest BCUT2D eigenvalue weighted by Crippen LogP contribution is -2.10. The normalized spacial score (nSPS) is 14.7. The highest BCUT2D eigenvalue weighted by atomic mass is 16.1. The van der Waals surface area contributed by atoms with Crippen molar-refractivity contribution in [3.63, 3.8) is 0 Å². The molecule has 0 amide bonds. The molecule has 28 heavy (non-hydrogen) atoms. The fourth-order valence-corrected chi connectivity index (χ4v) is 5.00. The van der Waals surface area contributed by atoms with E-state index in [1.807, 2.05) is 6.07 Å². The fraction of sp³-hybridized carbons (Fsp3) is 0.320. The van der Waals surface area contributed by atoms with Crippen LogP contribution in [-0.2, 0) is 13.1 Å². The number of nitrogens with zero attached hydrogens (tertiary/aromatic N) is 2. The molecule has 142 valence electrons. The van der Waals surface area contributed by atoms with Crippen LogP contribution in [0, 0.1) is 6.92 Å². The van der Waals surface area contributed by atoms with Crippen LogP contribution in [-0.4, -0.2) is 15.4 Å². The highest BCUT2D eigenvalue weighted by Crippen LogP contribution is 2.43. The maximum absolute atomic E-state index is 11.4. The highest BCUT2D eigenvalue weighted by Gasteiger charge is 2.25. The smallest absolute Gasteiger partial charge is 0.150 e. The molecule has 0 radical (unpaired) electrons. The van der Waals surface area contributed by atoms with Crippen molar-refractivity contribution >= 4 is 28.1 Å². The number of benzene rings is 2. The molecule has 0 saturated heterocycles. The van der Waals surface area contributed by atoms with Gasteiger partial charge in [-0.25, -0.2) is 0 Å². The molecule has 0 bridgehead atoms. The van der Waals surface area contributed by atoms with E-state index in [1.54, 1.807) is 0 Å². The molecule has 2 aromatic heterocycles. The number of hydrogen-bond donors (Lipinski definition) is 0. The van der Waals surface area contributed by atoms with Gasteiger partial charge in [0.05, 0.1) is 11.2 Å². The van der Waals surface area contributed by atoms with E-state index in [-0.39, 0.29) is 0 Å². The lowest BCUT2D eigenvalue weighted by molar-refractivity contribution is 0.112. The van der Waals surface area contributed by atoms with Gasteiger partial charge in [-0.2, -0.15) is 0 Å². The second-order valence-electron chi connectivity index (χ2n) is 8.18. The zero-order valence-electron chi connectivity index (χ0n) is 16.8. The zero-order chi connectivity index (χ0) is 19.4. The van der Waals surface area contributed by atoms with Gasteiger partial charge in [0.25, 0.3) is 0 Å². The Hall–Kier alpha value is -2.81. The van der Waals surface area contributed by atoms with Crippen LogP contribution >= 0.6 is 0 Å². The number of para-hydroxylation sites is 1. The average Bonchev–Trinajstić information content (AvgIpc) is 3.20. The first-order valence-corrected chi connectivity index (χ1v) is 10.3. The molecule has 1 unspecified atom stereocenters. The first-order valence-electron chi connectivity index (χ1n) is 10.3. The molecule has 1 aliphatic rings. The number of fused-ring (bicyclic) bond motifs is 4. The van der Waals surface area contributed by atoms with Gasteiger partial charge < -0.3 is 9.13 Å². The SMILES string of the molecule is CCC(C)c1c2n(c3cc(C=O)ccc13)CCCn1cc(C)c3cccc-2c31. The summed E-state index contributed by atoms with van der Waals surface area (Å²) >= 11 is 0. The van der Waals surface area contributed by atoms with Gasteiger partial charge in [0.1, 0.15) is 6.29 Å². The molecule has 5 rings (SSSR count). The lowest BCUT2D eigenvalue weighted by Gasteiger charge is -2.20. The van der Waals surface area contributed by atoms with E-state index >= 15 is 0 Å². The summed E-state index contributed by atoms with van der Waals surface area (Å²) in [6.45, 7) is 8.79. The van der Waals surface area contributed by atoms with Crippen molar-refractivity contribution in [2.45, 2.75) is 52.6 Å². The van der Waals surface area contributed by atoms with Crippen molar-refractivity contribution in [2.75, 3.05) is 0 Å². The van der Waals surface area contributed by atoms with Crippen molar-refractivity contribution in [1.82, 2.24) is 9.13 Å². The van der Waals surface area contributed by atoms with E-state index in [0.717, 1.165) is 37.8 Å². The Balaban J connectivity index is 1.97. The van der Waals surface area contributed by atoms with Crippen LogP contribution in [0.2, 0.25) is 0 Å². The molecule has 1 atom stereocenters. The predicted molar refractivity (Wildman–Crippen MR) is 116 cm³/mol. The molecule has 0 fully saturated rings. The lowest BCUT2D eigenvalue weighted by atomic mass is 9.91. The summed E-state index contributed by atoms with van der Waals surface area (Å²) in [5, 5.41) is 2.64. The fourth-order valence-electron chi connectivity index (χ4n) is 5.00.